The quantitative estimate of drug-likeness (QED) is 0.144. The molecule has 0 aliphatic carbocycles. The number of aromatic nitrogens is 2. The van der Waals surface area contributed by atoms with E-state index in [0.717, 1.165) is 76.2 Å². The Balaban J connectivity index is 1.29. The smallest absolute Gasteiger partial charge is 0.231 e. The van der Waals surface area contributed by atoms with Crippen molar-refractivity contribution < 1.29 is 18.9 Å². The molecule has 0 saturated heterocycles. The van der Waals surface area contributed by atoms with Crippen molar-refractivity contribution in [2.45, 2.75) is 45.9 Å². The lowest BCUT2D eigenvalue weighted by molar-refractivity contribution is 0.173. The third-order valence-electron chi connectivity index (χ3n) is 8.16. The minimum absolute atomic E-state index is 0.260. The third kappa shape index (κ3) is 6.59. The summed E-state index contributed by atoms with van der Waals surface area (Å²) in [5, 5.41) is 0. The SMILES string of the molecule is CCCCn1c(-c2ccccc2)nc(C=Cc2ccccc2)c1CN(Cc1ccc2c(c1)OCO2)Cc1ccc2c(c1)OCO2. The van der Waals surface area contributed by atoms with E-state index in [1.807, 2.05) is 18.2 Å². The number of hydrogen-bond donors (Lipinski definition) is 0. The van der Waals surface area contributed by atoms with E-state index in [1.54, 1.807) is 0 Å². The van der Waals surface area contributed by atoms with Gasteiger partial charge in [0.2, 0.25) is 13.6 Å². The maximum Gasteiger partial charge on any atom is 0.231 e. The van der Waals surface area contributed by atoms with Crippen molar-refractivity contribution in [3.05, 3.63) is 125 Å². The molecule has 0 spiro atoms. The van der Waals surface area contributed by atoms with Crippen LogP contribution in [-0.2, 0) is 26.2 Å². The van der Waals surface area contributed by atoms with E-state index in [-0.39, 0.29) is 13.6 Å². The minimum Gasteiger partial charge on any atom is -0.454 e. The highest BCUT2D eigenvalue weighted by Crippen LogP contribution is 2.35. The molecule has 0 atom stereocenters. The molecular weight excluding hydrogens is 562 g/mol. The van der Waals surface area contributed by atoms with Gasteiger partial charge in [0.25, 0.3) is 0 Å². The Morgan fingerprint density at radius 1 is 0.689 bits per heavy atom. The second-order valence-electron chi connectivity index (χ2n) is 11.4. The van der Waals surface area contributed by atoms with Gasteiger partial charge in [0.1, 0.15) is 5.82 Å². The second kappa shape index (κ2) is 13.3. The molecule has 228 valence electrons. The van der Waals surface area contributed by atoms with Gasteiger partial charge in [-0.1, -0.05) is 92.2 Å². The Labute approximate surface area is 264 Å². The highest BCUT2D eigenvalue weighted by molar-refractivity contribution is 5.71. The molecule has 0 radical (unpaired) electrons. The van der Waals surface area contributed by atoms with Gasteiger partial charge in [-0.15, -0.1) is 0 Å². The summed E-state index contributed by atoms with van der Waals surface area (Å²) in [7, 11) is 0. The van der Waals surface area contributed by atoms with Crippen molar-refractivity contribution >= 4 is 12.2 Å². The first-order chi connectivity index (χ1) is 22.2. The highest BCUT2D eigenvalue weighted by Gasteiger charge is 2.22. The lowest BCUT2D eigenvalue weighted by Gasteiger charge is -2.24. The van der Waals surface area contributed by atoms with Crippen LogP contribution in [0.5, 0.6) is 23.0 Å². The number of imidazole rings is 1. The van der Waals surface area contributed by atoms with Gasteiger partial charge in [0, 0.05) is 31.7 Å². The molecule has 4 aromatic carbocycles. The van der Waals surface area contributed by atoms with Crippen LogP contribution in [0.25, 0.3) is 23.5 Å². The van der Waals surface area contributed by atoms with E-state index >= 15 is 0 Å². The minimum atomic E-state index is 0.260. The molecule has 0 unspecified atom stereocenters. The molecule has 7 nitrogen and oxygen atoms in total. The number of benzene rings is 4. The van der Waals surface area contributed by atoms with Crippen LogP contribution in [0.2, 0.25) is 0 Å². The van der Waals surface area contributed by atoms with E-state index < -0.39 is 0 Å². The van der Waals surface area contributed by atoms with Crippen LogP contribution in [-0.4, -0.2) is 28.0 Å². The van der Waals surface area contributed by atoms with Crippen LogP contribution in [0.1, 0.15) is 47.8 Å². The summed E-state index contributed by atoms with van der Waals surface area (Å²) in [6, 6.07) is 33.4. The third-order valence-corrected chi connectivity index (χ3v) is 8.16. The molecule has 2 aliphatic heterocycles. The number of unbranched alkanes of at least 4 members (excludes halogenated alkanes) is 1. The summed E-state index contributed by atoms with van der Waals surface area (Å²) in [5.41, 5.74) is 6.75. The molecule has 3 heterocycles. The van der Waals surface area contributed by atoms with Gasteiger partial charge in [-0.25, -0.2) is 4.98 Å². The topological polar surface area (TPSA) is 58.0 Å². The van der Waals surface area contributed by atoms with E-state index in [0.29, 0.717) is 19.6 Å². The molecular formula is C38H37N3O4. The first-order valence-electron chi connectivity index (χ1n) is 15.6. The Kier molecular flexibility index (Phi) is 8.51. The van der Waals surface area contributed by atoms with E-state index in [2.05, 4.69) is 107 Å². The zero-order chi connectivity index (χ0) is 30.4. The zero-order valence-corrected chi connectivity index (χ0v) is 25.5. The van der Waals surface area contributed by atoms with Crippen LogP contribution >= 0.6 is 0 Å². The first-order valence-corrected chi connectivity index (χ1v) is 15.6. The maximum atomic E-state index is 5.72. The van der Waals surface area contributed by atoms with E-state index in [9.17, 15) is 0 Å². The summed E-state index contributed by atoms with van der Waals surface area (Å²) in [5.74, 6) is 4.17. The average molecular weight is 600 g/mol. The molecule has 1 aromatic heterocycles. The molecule has 0 saturated carbocycles. The fourth-order valence-corrected chi connectivity index (χ4v) is 5.88. The molecule has 0 fully saturated rings. The van der Waals surface area contributed by atoms with E-state index in [1.165, 1.54) is 5.69 Å². The predicted octanol–water partition coefficient (Wildman–Crippen LogP) is 8.18. The molecule has 0 bridgehead atoms. The largest absolute Gasteiger partial charge is 0.454 e. The highest BCUT2D eigenvalue weighted by atomic mass is 16.7. The Morgan fingerprint density at radius 2 is 1.29 bits per heavy atom. The van der Waals surface area contributed by atoms with Gasteiger partial charge in [-0.05, 0) is 53.5 Å². The molecule has 0 N–H and O–H groups in total. The van der Waals surface area contributed by atoms with Gasteiger partial charge in [-0.3, -0.25) is 4.90 Å². The second-order valence-corrected chi connectivity index (χ2v) is 11.4. The van der Waals surface area contributed by atoms with Crippen molar-refractivity contribution in [2.75, 3.05) is 13.6 Å². The average Bonchev–Trinajstić information content (AvgIpc) is 3.82. The lowest BCUT2D eigenvalue weighted by atomic mass is 10.1. The van der Waals surface area contributed by atoms with Crippen LogP contribution < -0.4 is 18.9 Å². The summed E-state index contributed by atoms with van der Waals surface area (Å²) in [4.78, 5) is 7.75. The summed E-state index contributed by atoms with van der Waals surface area (Å²) in [6.07, 6.45) is 6.48. The Hall–Kier alpha value is -5.01. The van der Waals surface area contributed by atoms with Gasteiger partial charge >= 0.3 is 0 Å². The van der Waals surface area contributed by atoms with Crippen LogP contribution in [0.3, 0.4) is 0 Å². The summed E-state index contributed by atoms with van der Waals surface area (Å²) < 4.78 is 25.0. The zero-order valence-electron chi connectivity index (χ0n) is 25.5. The van der Waals surface area contributed by atoms with Crippen molar-refractivity contribution in [2.24, 2.45) is 0 Å². The number of nitrogens with zero attached hydrogens (tertiary/aromatic N) is 3. The van der Waals surface area contributed by atoms with Crippen LogP contribution in [0.4, 0.5) is 0 Å². The van der Waals surface area contributed by atoms with Crippen molar-refractivity contribution in [1.82, 2.24) is 14.5 Å². The summed E-state index contributed by atoms with van der Waals surface area (Å²) in [6.45, 7) is 5.77. The van der Waals surface area contributed by atoms with Crippen molar-refractivity contribution in [3.63, 3.8) is 0 Å². The van der Waals surface area contributed by atoms with Gasteiger partial charge < -0.3 is 23.5 Å². The van der Waals surface area contributed by atoms with Crippen molar-refractivity contribution in [3.8, 4) is 34.4 Å². The van der Waals surface area contributed by atoms with Gasteiger partial charge in [0.05, 0.1) is 11.4 Å². The maximum absolute atomic E-state index is 5.72. The van der Waals surface area contributed by atoms with Crippen LogP contribution in [0.15, 0.2) is 97.1 Å². The number of rotatable bonds is 12. The first kappa shape index (κ1) is 28.7. The molecule has 0 amide bonds. The predicted molar refractivity (Wildman–Crippen MR) is 176 cm³/mol. The van der Waals surface area contributed by atoms with Gasteiger partial charge in [-0.2, -0.15) is 0 Å². The normalized spacial score (nSPS) is 13.3. The van der Waals surface area contributed by atoms with Gasteiger partial charge in [0.15, 0.2) is 23.0 Å². The van der Waals surface area contributed by atoms with Crippen molar-refractivity contribution in [1.29, 1.82) is 0 Å². The lowest BCUT2D eigenvalue weighted by Crippen LogP contribution is -2.24. The molecule has 5 aromatic rings. The fourth-order valence-electron chi connectivity index (χ4n) is 5.88. The number of fused-ring (bicyclic) bond motifs is 2. The fraction of sp³-hybridized carbons (Fsp3) is 0.237. The summed E-state index contributed by atoms with van der Waals surface area (Å²) >= 11 is 0. The number of hydrogen-bond acceptors (Lipinski definition) is 6. The number of ether oxygens (including phenoxy) is 4. The molecule has 2 aliphatic rings. The Morgan fingerprint density at radius 3 is 1.91 bits per heavy atom. The Bertz CT molecular complexity index is 1720. The van der Waals surface area contributed by atoms with Crippen LogP contribution in [0, 0.1) is 0 Å². The molecule has 7 rings (SSSR count). The molecule has 45 heavy (non-hydrogen) atoms. The monoisotopic (exact) mass is 599 g/mol. The van der Waals surface area contributed by atoms with E-state index in [4.69, 9.17) is 23.9 Å². The standard InChI is InChI=1S/C38H37N3O4/c1-2-3-20-41-33(32(17-14-28-10-6-4-7-11-28)39-38(41)31-12-8-5-9-13-31)25-40(23-29-15-18-34-36(21-29)44-26-42-34)24-30-16-19-35-37(22-30)45-27-43-35/h4-19,21-22H,2-3,20,23-27H2,1H3. The molecule has 7 heteroatoms.